The number of hydrogen-bond donors (Lipinski definition) is 1. The topological polar surface area (TPSA) is 70.0 Å². The van der Waals surface area contributed by atoms with E-state index < -0.39 is 5.66 Å². The summed E-state index contributed by atoms with van der Waals surface area (Å²) in [6.07, 6.45) is 10.1. The highest BCUT2D eigenvalue weighted by Crippen LogP contribution is 2.37. The zero-order valence-electron chi connectivity index (χ0n) is 13.9. The van der Waals surface area contributed by atoms with Crippen molar-refractivity contribution in [1.29, 1.82) is 0 Å². The van der Waals surface area contributed by atoms with E-state index in [0.717, 1.165) is 31.0 Å². The lowest BCUT2D eigenvalue weighted by atomic mass is 10.0. The summed E-state index contributed by atoms with van der Waals surface area (Å²) >= 11 is 0. The fourth-order valence-electron chi connectivity index (χ4n) is 2.95. The van der Waals surface area contributed by atoms with E-state index in [1.54, 1.807) is 0 Å². The molecule has 0 aromatic carbocycles. The summed E-state index contributed by atoms with van der Waals surface area (Å²) in [6.45, 7) is 2.58. The fourth-order valence-corrected chi connectivity index (χ4v) is 2.95. The van der Waals surface area contributed by atoms with Crippen LogP contribution in [0.3, 0.4) is 0 Å². The second kappa shape index (κ2) is 7.43. The van der Waals surface area contributed by atoms with Gasteiger partial charge in [0.25, 0.3) is 0 Å². The zero-order chi connectivity index (χ0) is 16.8. The maximum absolute atomic E-state index is 12.0. The van der Waals surface area contributed by atoms with Crippen molar-refractivity contribution in [3.05, 3.63) is 23.9 Å². The first-order valence-electron chi connectivity index (χ1n) is 8.56. The molecule has 3 rings (SSSR count). The van der Waals surface area contributed by atoms with Gasteiger partial charge in [-0.3, -0.25) is 4.79 Å². The van der Waals surface area contributed by atoms with E-state index in [1.807, 2.05) is 18.2 Å². The van der Waals surface area contributed by atoms with Gasteiger partial charge in [-0.25, -0.2) is 4.98 Å². The van der Waals surface area contributed by atoms with Crippen molar-refractivity contribution in [3.8, 4) is 12.3 Å². The normalized spacial score (nSPS) is 17.5. The zero-order valence-corrected chi connectivity index (χ0v) is 13.9. The van der Waals surface area contributed by atoms with Gasteiger partial charge < -0.3 is 10.2 Å². The molecule has 2 aliphatic rings. The van der Waals surface area contributed by atoms with E-state index in [0.29, 0.717) is 25.8 Å². The number of anilines is 1. The van der Waals surface area contributed by atoms with E-state index in [9.17, 15) is 4.79 Å². The summed E-state index contributed by atoms with van der Waals surface area (Å²) < 4.78 is 0. The van der Waals surface area contributed by atoms with Crippen LogP contribution in [0, 0.1) is 12.3 Å². The summed E-state index contributed by atoms with van der Waals surface area (Å²) in [5.41, 5.74) is 0.494. The van der Waals surface area contributed by atoms with Crippen LogP contribution in [-0.4, -0.2) is 29.6 Å². The summed E-state index contributed by atoms with van der Waals surface area (Å²) in [6, 6.07) is 5.97. The van der Waals surface area contributed by atoms with Crippen molar-refractivity contribution in [2.45, 2.75) is 50.7 Å². The third kappa shape index (κ3) is 4.31. The molecule has 2 aliphatic heterocycles. The number of hydrogen-bond acceptors (Lipinski definition) is 5. The molecule has 1 saturated heterocycles. The average molecular weight is 325 g/mol. The summed E-state index contributed by atoms with van der Waals surface area (Å²) in [4.78, 5) is 19.0. The molecule has 1 amide bonds. The Bertz CT molecular complexity index is 652. The molecule has 0 spiro atoms. The molecule has 1 aromatic rings. The Balaban J connectivity index is 1.43. The largest absolute Gasteiger partial charge is 0.357 e. The van der Waals surface area contributed by atoms with Gasteiger partial charge in [0.1, 0.15) is 5.82 Å². The van der Waals surface area contributed by atoms with Crippen LogP contribution in [0.1, 0.15) is 44.2 Å². The first kappa shape index (κ1) is 16.4. The molecule has 126 valence electrons. The molecule has 6 nitrogen and oxygen atoms in total. The van der Waals surface area contributed by atoms with Crippen LogP contribution >= 0.6 is 0 Å². The van der Waals surface area contributed by atoms with Gasteiger partial charge in [0.2, 0.25) is 5.91 Å². The highest BCUT2D eigenvalue weighted by Gasteiger charge is 2.39. The molecule has 0 aliphatic carbocycles. The Morgan fingerprint density at radius 1 is 1.29 bits per heavy atom. The number of rotatable bonds is 8. The highest BCUT2D eigenvalue weighted by molar-refractivity contribution is 5.76. The van der Waals surface area contributed by atoms with Crippen LogP contribution in [0.25, 0.3) is 0 Å². The van der Waals surface area contributed by atoms with E-state index in [1.165, 1.54) is 12.8 Å². The monoisotopic (exact) mass is 325 g/mol. The number of pyridine rings is 1. The van der Waals surface area contributed by atoms with Crippen molar-refractivity contribution in [3.63, 3.8) is 0 Å². The number of aromatic nitrogens is 1. The number of carbonyl (C=O) groups is 1. The lowest BCUT2D eigenvalue weighted by Gasteiger charge is -2.17. The minimum absolute atomic E-state index is 0.000702. The van der Waals surface area contributed by atoms with Crippen LogP contribution < -0.4 is 10.2 Å². The van der Waals surface area contributed by atoms with Crippen molar-refractivity contribution >= 4 is 11.7 Å². The molecule has 0 radical (unpaired) electrons. The molecule has 24 heavy (non-hydrogen) atoms. The van der Waals surface area contributed by atoms with Crippen molar-refractivity contribution in [2.24, 2.45) is 10.2 Å². The molecule has 6 heteroatoms. The Kier molecular flexibility index (Phi) is 5.09. The van der Waals surface area contributed by atoms with E-state index >= 15 is 0 Å². The van der Waals surface area contributed by atoms with Gasteiger partial charge in [0, 0.05) is 38.8 Å². The number of carbonyl (C=O) groups excluding carboxylic acids is 1. The van der Waals surface area contributed by atoms with Crippen molar-refractivity contribution in [2.75, 3.05) is 18.0 Å². The van der Waals surface area contributed by atoms with Gasteiger partial charge in [-0.1, -0.05) is 6.07 Å². The molecular weight excluding hydrogens is 302 g/mol. The molecule has 0 unspecified atom stereocenters. The third-order valence-electron chi connectivity index (χ3n) is 4.49. The summed E-state index contributed by atoms with van der Waals surface area (Å²) in [7, 11) is 0. The number of terminal acetylenes is 1. The number of amides is 1. The maximum Gasteiger partial charge on any atom is 0.220 e. The highest BCUT2D eigenvalue weighted by atomic mass is 16.1. The first-order valence-corrected chi connectivity index (χ1v) is 8.56. The molecular formula is C18H23N5O. The van der Waals surface area contributed by atoms with Gasteiger partial charge in [-0.2, -0.15) is 10.2 Å². The third-order valence-corrected chi connectivity index (χ3v) is 4.49. The average Bonchev–Trinajstić information content (AvgIpc) is 3.16. The maximum atomic E-state index is 12.0. The SMILES string of the molecule is C#CCCC1(CCC(=O)NCc2cccc(N3CCCC3)n2)N=N1. The number of nitrogens with zero attached hydrogens (tertiary/aromatic N) is 4. The van der Waals surface area contributed by atoms with Crippen LogP contribution in [0.15, 0.2) is 28.4 Å². The van der Waals surface area contributed by atoms with E-state index in [-0.39, 0.29) is 5.91 Å². The first-order chi connectivity index (χ1) is 11.7. The van der Waals surface area contributed by atoms with Crippen LogP contribution in [0.2, 0.25) is 0 Å². The fraction of sp³-hybridized carbons (Fsp3) is 0.556. The molecule has 1 fully saturated rings. The summed E-state index contributed by atoms with van der Waals surface area (Å²) in [5.74, 6) is 3.60. The molecule has 1 aromatic heterocycles. The minimum atomic E-state index is -0.391. The second-order valence-corrected chi connectivity index (χ2v) is 6.34. The Hall–Kier alpha value is -2.42. The lowest BCUT2D eigenvalue weighted by Crippen LogP contribution is -2.26. The smallest absolute Gasteiger partial charge is 0.220 e. The molecule has 1 N–H and O–H groups in total. The summed E-state index contributed by atoms with van der Waals surface area (Å²) in [5, 5.41) is 11.0. The number of nitrogens with one attached hydrogen (secondary N) is 1. The van der Waals surface area contributed by atoms with Crippen molar-refractivity contribution in [1.82, 2.24) is 10.3 Å². The van der Waals surface area contributed by atoms with Gasteiger partial charge in [-0.15, -0.1) is 12.3 Å². The predicted molar refractivity (Wildman–Crippen MR) is 92.4 cm³/mol. The Labute approximate surface area is 142 Å². The van der Waals surface area contributed by atoms with Crippen molar-refractivity contribution < 1.29 is 4.79 Å². The van der Waals surface area contributed by atoms with Crippen LogP contribution in [0.5, 0.6) is 0 Å². The van der Waals surface area contributed by atoms with Gasteiger partial charge >= 0.3 is 0 Å². The minimum Gasteiger partial charge on any atom is -0.357 e. The Morgan fingerprint density at radius 3 is 2.79 bits per heavy atom. The van der Waals surface area contributed by atoms with Gasteiger partial charge in [0.05, 0.1) is 12.2 Å². The lowest BCUT2D eigenvalue weighted by molar-refractivity contribution is -0.121. The van der Waals surface area contributed by atoms with Gasteiger partial charge in [0.15, 0.2) is 5.66 Å². The predicted octanol–water partition coefficient (Wildman–Crippen LogP) is 2.65. The molecule has 3 heterocycles. The standard InChI is InChI=1S/C18H23N5O/c1-2-3-10-18(21-22-18)11-9-17(24)19-14-15-7-6-8-16(20-15)23-12-4-5-13-23/h1,6-8H,3-5,9-14H2,(H,19,24). The molecule has 0 bridgehead atoms. The van der Waals surface area contributed by atoms with Crippen LogP contribution in [0.4, 0.5) is 5.82 Å². The van der Waals surface area contributed by atoms with E-state index in [4.69, 9.17) is 6.42 Å². The van der Waals surface area contributed by atoms with E-state index in [2.05, 4.69) is 31.3 Å². The Morgan fingerprint density at radius 2 is 2.08 bits per heavy atom. The molecule has 0 saturated carbocycles. The quantitative estimate of drug-likeness (QED) is 0.747. The molecule has 0 atom stereocenters. The van der Waals surface area contributed by atoms with Gasteiger partial charge in [-0.05, 0) is 25.0 Å². The van der Waals surface area contributed by atoms with Crippen LogP contribution in [-0.2, 0) is 11.3 Å². The second-order valence-electron chi connectivity index (χ2n) is 6.34.